The van der Waals surface area contributed by atoms with Crippen LogP contribution in [0.15, 0.2) is 48.0 Å². The van der Waals surface area contributed by atoms with Gasteiger partial charge in [-0.05, 0) is 43.7 Å². The van der Waals surface area contributed by atoms with Crippen LogP contribution in [-0.2, 0) is 14.3 Å². The Morgan fingerprint density at radius 3 is 2.38 bits per heavy atom. The molecule has 1 atom stereocenters. The minimum Gasteiger partial charge on any atom is -0.507 e. The molecule has 1 amide bonds. The first-order chi connectivity index (χ1) is 15.3. The first-order valence-electron chi connectivity index (χ1n) is 10.2. The fourth-order valence-corrected chi connectivity index (χ4v) is 3.63. The van der Waals surface area contributed by atoms with Crippen LogP contribution in [0.5, 0.6) is 11.5 Å². The largest absolute Gasteiger partial charge is 0.507 e. The van der Waals surface area contributed by atoms with Crippen LogP contribution >= 0.6 is 0 Å². The summed E-state index contributed by atoms with van der Waals surface area (Å²) in [7, 11) is 2.92. The molecule has 2 aromatic carbocycles. The Bertz CT molecular complexity index is 1030. The van der Waals surface area contributed by atoms with Crippen molar-refractivity contribution in [3.8, 4) is 11.5 Å². The number of halogens is 1. The van der Waals surface area contributed by atoms with Crippen LogP contribution in [0.25, 0.3) is 5.76 Å². The lowest BCUT2D eigenvalue weighted by Gasteiger charge is -2.25. The molecule has 1 unspecified atom stereocenters. The fourth-order valence-electron chi connectivity index (χ4n) is 3.63. The van der Waals surface area contributed by atoms with E-state index in [4.69, 9.17) is 14.2 Å². The zero-order valence-corrected chi connectivity index (χ0v) is 18.4. The number of nitrogens with zero attached hydrogens (tertiary/aromatic N) is 1. The highest BCUT2D eigenvalue weighted by Crippen LogP contribution is 2.41. The number of ether oxygens (including phenoxy) is 3. The van der Waals surface area contributed by atoms with E-state index in [-0.39, 0.29) is 41.9 Å². The van der Waals surface area contributed by atoms with Crippen molar-refractivity contribution < 1.29 is 33.3 Å². The molecule has 1 saturated heterocycles. The molecule has 170 valence electrons. The molecular weight excluding hydrogens is 417 g/mol. The lowest BCUT2D eigenvalue weighted by molar-refractivity contribution is -0.140. The smallest absolute Gasteiger partial charge is 0.295 e. The van der Waals surface area contributed by atoms with Gasteiger partial charge in [0.15, 0.2) is 0 Å². The maximum Gasteiger partial charge on any atom is 0.295 e. The SMILES string of the molecule is COc1ccc(/C(O)=C2/C(=O)C(=O)N(CCOC(C)C)C2c2ccc(F)cc2)c(OC)c1. The third-order valence-electron chi connectivity index (χ3n) is 5.17. The van der Waals surface area contributed by atoms with Gasteiger partial charge in [-0.1, -0.05) is 12.1 Å². The molecule has 0 aromatic heterocycles. The number of aliphatic hydroxyl groups is 1. The molecule has 1 N–H and O–H groups in total. The van der Waals surface area contributed by atoms with E-state index in [1.165, 1.54) is 43.4 Å². The van der Waals surface area contributed by atoms with Crippen molar-refractivity contribution in [1.29, 1.82) is 0 Å². The molecule has 0 spiro atoms. The molecule has 32 heavy (non-hydrogen) atoms. The summed E-state index contributed by atoms with van der Waals surface area (Å²) in [5, 5.41) is 11.2. The number of carbonyl (C=O) groups excluding carboxylic acids is 2. The van der Waals surface area contributed by atoms with E-state index in [2.05, 4.69) is 0 Å². The molecule has 0 bridgehead atoms. The van der Waals surface area contributed by atoms with Crippen molar-refractivity contribution in [2.75, 3.05) is 27.4 Å². The minimum absolute atomic E-state index is 0.0559. The minimum atomic E-state index is -0.904. The molecule has 3 rings (SSSR count). The summed E-state index contributed by atoms with van der Waals surface area (Å²) in [5.41, 5.74) is 0.621. The molecule has 1 heterocycles. The Hall–Kier alpha value is -3.39. The van der Waals surface area contributed by atoms with Gasteiger partial charge < -0.3 is 24.2 Å². The lowest BCUT2D eigenvalue weighted by Crippen LogP contribution is -2.33. The van der Waals surface area contributed by atoms with E-state index in [9.17, 15) is 19.1 Å². The third kappa shape index (κ3) is 4.60. The number of amides is 1. The van der Waals surface area contributed by atoms with Gasteiger partial charge in [-0.15, -0.1) is 0 Å². The van der Waals surface area contributed by atoms with Gasteiger partial charge in [0.25, 0.3) is 11.7 Å². The molecule has 1 fully saturated rings. The highest BCUT2D eigenvalue weighted by molar-refractivity contribution is 6.46. The maximum absolute atomic E-state index is 13.5. The average molecular weight is 443 g/mol. The number of ketones is 1. The van der Waals surface area contributed by atoms with Crippen molar-refractivity contribution in [2.24, 2.45) is 0 Å². The van der Waals surface area contributed by atoms with Crippen molar-refractivity contribution in [3.63, 3.8) is 0 Å². The Morgan fingerprint density at radius 2 is 1.78 bits per heavy atom. The van der Waals surface area contributed by atoms with Crippen LogP contribution in [0.1, 0.15) is 31.0 Å². The lowest BCUT2D eigenvalue weighted by atomic mass is 9.95. The fraction of sp³-hybridized carbons (Fsp3) is 0.333. The van der Waals surface area contributed by atoms with E-state index < -0.39 is 23.5 Å². The van der Waals surface area contributed by atoms with Crippen LogP contribution in [0.4, 0.5) is 4.39 Å². The quantitative estimate of drug-likeness (QED) is 0.381. The number of hydrogen-bond donors (Lipinski definition) is 1. The summed E-state index contributed by atoms with van der Waals surface area (Å²) in [6, 6.07) is 9.28. The van der Waals surface area contributed by atoms with Crippen LogP contribution in [0, 0.1) is 5.82 Å². The number of benzene rings is 2. The average Bonchev–Trinajstić information content (AvgIpc) is 3.03. The molecule has 0 aliphatic carbocycles. The molecule has 2 aromatic rings. The molecule has 0 radical (unpaired) electrons. The summed E-state index contributed by atoms with van der Waals surface area (Å²) < 4.78 is 29.6. The van der Waals surface area contributed by atoms with Crippen LogP contribution < -0.4 is 9.47 Å². The van der Waals surface area contributed by atoms with E-state index in [0.29, 0.717) is 11.3 Å². The van der Waals surface area contributed by atoms with Crippen molar-refractivity contribution in [2.45, 2.75) is 26.0 Å². The first kappa shape index (κ1) is 23.3. The van der Waals surface area contributed by atoms with Gasteiger partial charge in [-0.3, -0.25) is 9.59 Å². The molecule has 0 saturated carbocycles. The van der Waals surface area contributed by atoms with Crippen molar-refractivity contribution in [3.05, 3.63) is 65.0 Å². The molecule has 8 heteroatoms. The molecule has 1 aliphatic rings. The molecule has 1 aliphatic heterocycles. The van der Waals surface area contributed by atoms with Crippen LogP contribution in [0.2, 0.25) is 0 Å². The number of rotatable bonds is 8. The number of Topliss-reactive ketones (excluding diaryl/α,β-unsaturated/α-hetero) is 1. The molecular formula is C24H26FNO6. The van der Waals surface area contributed by atoms with E-state index >= 15 is 0 Å². The van der Waals surface area contributed by atoms with Gasteiger partial charge in [-0.2, -0.15) is 0 Å². The monoisotopic (exact) mass is 443 g/mol. The van der Waals surface area contributed by atoms with Crippen molar-refractivity contribution in [1.82, 2.24) is 4.90 Å². The Balaban J connectivity index is 2.13. The second-order valence-corrected chi connectivity index (χ2v) is 7.53. The van der Waals surface area contributed by atoms with Crippen LogP contribution in [-0.4, -0.2) is 55.2 Å². The Kier molecular flexibility index (Phi) is 7.15. The first-order valence-corrected chi connectivity index (χ1v) is 10.2. The van der Waals surface area contributed by atoms with E-state index in [1.807, 2.05) is 13.8 Å². The van der Waals surface area contributed by atoms with E-state index in [1.54, 1.807) is 18.2 Å². The number of aliphatic hydroxyl groups excluding tert-OH is 1. The normalized spacial score (nSPS) is 17.8. The predicted octanol–water partition coefficient (Wildman–Crippen LogP) is 3.69. The summed E-state index contributed by atoms with van der Waals surface area (Å²) in [5.74, 6) is -1.66. The third-order valence-corrected chi connectivity index (χ3v) is 5.17. The van der Waals surface area contributed by atoms with Gasteiger partial charge in [-0.25, -0.2) is 4.39 Å². The zero-order chi connectivity index (χ0) is 23.4. The Morgan fingerprint density at radius 1 is 1.09 bits per heavy atom. The van der Waals surface area contributed by atoms with Gasteiger partial charge in [0.1, 0.15) is 23.1 Å². The van der Waals surface area contributed by atoms with Crippen molar-refractivity contribution >= 4 is 17.4 Å². The van der Waals surface area contributed by atoms with Gasteiger partial charge >= 0.3 is 0 Å². The number of hydrogen-bond acceptors (Lipinski definition) is 6. The topological polar surface area (TPSA) is 85.3 Å². The van der Waals surface area contributed by atoms with Gasteiger partial charge in [0.2, 0.25) is 0 Å². The predicted molar refractivity (Wildman–Crippen MR) is 116 cm³/mol. The number of likely N-dealkylation sites (tertiary alicyclic amines) is 1. The molecule has 7 nitrogen and oxygen atoms in total. The summed E-state index contributed by atoms with van der Waals surface area (Å²) >= 11 is 0. The zero-order valence-electron chi connectivity index (χ0n) is 18.4. The Labute approximate surface area is 186 Å². The maximum atomic E-state index is 13.5. The second kappa shape index (κ2) is 9.82. The highest BCUT2D eigenvalue weighted by Gasteiger charge is 2.46. The van der Waals surface area contributed by atoms with Crippen LogP contribution in [0.3, 0.4) is 0 Å². The van der Waals surface area contributed by atoms with Gasteiger partial charge in [0, 0.05) is 12.6 Å². The van der Waals surface area contributed by atoms with Gasteiger partial charge in [0.05, 0.1) is 44.1 Å². The summed E-state index contributed by atoms with van der Waals surface area (Å²) in [6.07, 6.45) is -0.0559. The summed E-state index contributed by atoms with van der Waals surface area (Å²) in [4.78, 5) is 27.2. The second-order valence-electron chi connectivity index (χ2n) is 7.53. The highest BCUT2D eigenvalue weighted by atomic mass is 19.1. The summed E-state index contributed by atoms with van der Waals surface area (Å²) in [6.45, 7) is 4.05. The standard InChI is InChI=1S/C24H26FNO6/c1-14(2)32-12-11-26-21(15-5-7-16(25)8-6-15)20(23(28)24(26)29)22(27)18-10-9-17(30-3)13-19(18)31-4/h5-10,13-14,21,27H,11-12H2,1-4H3/b22-20-. The number of carbonyl (C=O) groups is 2. The number of methoxy groups -OCH3 is 2. The van der Waals surface area contributed by atoms with E-state index in [0.717, 1.165) is 0 Å².